The second-order valence-electron chi connectivity index (χ2n) is 8.48. The minimum Gasteiger partial charge on any atom is -0.361 e. The Morgan fingerprint density at radius 1 is 1.23 bits per heavy atom. The fourth-order valence-corrected chi connectivity index (χ4v) is 4.90. The Kier molecular flexibility index (Phi) is 4.81. The van der Waals surface area contributed by atoms with Crippen LogP contribution in [-0.4, -0.2) is 37.5 Å². The molecular formula is C23H27N5O2. The molecule has 1 unspecified atom stereocenters. The van der Waals surface area contributed by atoms with Crippen molar-refractivity contribution >= 4 is 28.5 Å². The highest BCUT2D eigenvalue weighted by atomic mass is 16.2. The number of hydrogen-bond acceptors (Lipinski definition) is 3. The van der Waals surface area contributed by atoms with E-state index in [1.54, 1.807) is 4.90 Å². The number of para-hydroxylation sites is 1. The maximum Gasteiger partial charge on any atom is 0.248 e. The first-order valence-corrected chi connectivity index (χ1v) is 10.8. The van der Waals surface area contributed by atoms with Gasteiger partial charge in [0.15, 0.2) is 0 Å². The number of H-pyrrole nitrogens is 1. The monoisotopic (exact) mass is 405 g/mol. The van der Waals surface area contributed by atoms with Gasteiger partial charge in [0.25, 0.3) is 0 Å². The predicted octanol–water partition coefficient (Wildman–Crippen LogP) is 3.92. The Labute approximate surface area is 175 Å². The van der Waals surface area contributed by atoms with Crippen LogP contribution in [0.5, 0.6) is 0 Å². The van der Waals surface area contributed by atoms with Gasteiger partial charge in [-0.05, 0) is 37.8 Å². The van der Waals surface area contributed by atoms with E-state index in [1.807, 2.05) is 48.1 Å². The van der Waals surface area contributed by atoms with Gasteiger partial charge in [-0.15, -0.1) is 0 Å². The summed E-state index contributed by atoms with van der Waals surface area (Å²) in [7, 11) is 0. The van der Waals surface area contributed by atoms with E-state index in [1.165, 1.54) is 12.8 Å². The number of nitrogens with one attached hydrogen (secondary N) is 2. The number of aromatic amines is 1. The molecule has 2 fully saturated rings. The maximum absolute atomic E-state index is 13.2. The van der Waals surface area contributed by atoms with Crippen LogP contribution in [0.2, 0.25) is 0 Å². The Bertz CT molecular complexity index is 1090. The van der Waals surface area contributed by atoms with Crippen molar-refractivity contribution in [3.05, 3.63) is 47.8 Å². The highest BCUT2D eigenvalue weighted by Gasteiger charge is 2.37. The third kappa shape index (κ3) is 3.38. The van der Waals surface area contributed by atoms with E-state index >= 15 is 0 Å². The fourth-order valence-electron chi connectivity index (χ4n) is 4.90. The topological polar surface area (TPSA) is 83.0 Å². The van der Waals surface area contributed by atoms with Crippen molar-refractivity contribution in [2.24, 2.45) is 0 Å². The van der Waals surface area contributed by atoms with Crippen LogP contribution in [0.3, 0.4) is 0 Å². The molecule has 1 aromatic carbocycles. The fraction of sp³-hybridized carbons (Fsp3) is 0.435. The standard InChI is InChI=1S/C23H27N5O2/c1-15-12-21(28(26-15)17-6-2-3-7-17)25-23(30)20-10-11-22(29)27(20)14-16-13-24-19-9-5-4-8-18(16)19/h4-5,8-9,12-13,17,20,24H,2-3,6-7,10-11,14H2,1H3,(H,25,30). The van der Waals surface area contributed by atoms with E-state index in [0.717, 1.165) is 40.8 Å². The molecule has 5 rings (SSSR count). The van der Waals surface area contributed by atoms with Crippen molar-refractivity contribution in [1.82, 2.24) is 19.7 Å². The van der Waals surface area contributed by atoms with Crippen molar-refractivity contribution in [2.45, 2.75) is 64.1 Å². The molecule has 1 aliphatic carbocycles. The van der Waals surface area contributed by atoms with Crippen LogP contribution in [0.1, 0.15) is 55.8 Å². The Balaban J connectivity index is 1.35. The predicted molar refractivity (Wildman–Crippen MR) is 115 cm³/mol. The smallest absolute Gasteiger partial charge is 0.248 e. The minimum atomic E-state index is -0.460. The lowest BCUT2D eigenvalue weighted by atomic mass is 10.1. The van der Waals surface area contributed by atoms with Gasteiger partial charge in [0.05, 0.1) is 11.7 Å². The molecule has 2 aliphatic rings. The van der Waals surface area contributed by atoms with Gasteiger partial charge in [0.2, 0.25) is 11.8 Å². The van der Waals surface area contributed by atoms with Crippen LogP contribution in [-0.2, 0) is 16.1 Å². The number of carbonyl (C=O) groups excluding carboxylic acids is 2. The molecule has 3 heterocycles. The third-order valence-corrected chi connectivity index (χ3v) is 6.43. The van der Waals surface area contributed by atoms with E-state index in [4.69, 9.17) is 0 Å². The molecule has 0 spiro atoms. The molecule has 7 heteroatoms. The van der Waals surface area contributed by atoms with E-state index in [-0.39, 0.29) is 11.8 Å². The number of carbonyl (C=O) groups is 2. The normalized spacial score (nSPS) is 19.8. The molecule has 1 saturated carbocycles. The zero-order valence-corrected chi connectivity index (χ0v) is 17.2. The van der Waals surface area contributed by atoms with Crippen LogP contribution in [0.25, 0.3) is 10.9 Å². The molecule has 2 N–H and O–H groups in total. The third-order valence-electron chi connectivity index (χ3n) is 6.43. The Hall–Kier alpha value is -3.09. The lowest BCUT2D eigenvalue weighted by Crippen LogP contribution is -2.41. The summed E-state index contributed by atoms with van der Waals surface area (Å²) >= 11 is 0. The first kappa shape index (κ1) is 18.9. The average Bonchev–Trinajstić information content (AvgIpc) is 3.51. The number of hydrogen-bond donors (Lipinski definition) is 2. The van der Waals surface area contributed by atoms with E-state index in [2.05, 4.69) is 15.4 Å². The minimum absolute atomic E-state index is 0.0286. The highest BCUT2D eigenvalue weighted by Crippen LogP contribution is 2.32. The van der Waals surface area contributed by atoms with Gasteiger partial charge in [0, 0.05) is 36.1 Å². The number of aromatic nitrogens is 3. The summed E-state index contributed by atoms with van der Waals surface area (Å²) in [5.41, 5.74) is 2.97. The van der Waals surface area contributed by atoms with E-state index < -0.39 is 6.04 Å². The van der Waals surface area contributed by atoms with Crippen LogP contribution < -0.4 is 5.32 Å². The molecule has 0 bridgehead atoms. The number of rotatable bonds is 5. The second kappa shape index (κ2) is 7.63. The molecule has 3 aromatic rings. The summed E-state index contributed by atoms with van der Waals surface area (Å²) in [6.45, 7) is 2.38. The molecule has 156 valence electrons. The van der Waals surface area contributed by atoms with Crippen LogP contribution in [0.4, 0.5) is 5.82 Å². The van der Waals surface area contributed by atoms with Crippen LogP contribution in [0, 0.1) is 6.92 Å². The van der Waals surface area contributed by atoms with E-state index in [0.29, 0.717) is 25.4 Å². The average molecular weight is 406 g/mol. The van der Waals surface area contributed by atoms with Crippen molar-refractivity contribution < 1.29 is 9.59 Å². The summed E-state index contributed by atoms with van der Waals surface area (Å²) in [6, 6.07) is 9.84. The number of likely N-dealkylation sites (tertiary alicyclic amines) is 1. The van der Waals surface area contributed by atoms with Gasteiger partial charge >= 0.3 is 0 Å². The van der Waals surface area contributed by atoms with Gasteiger partial charge in [-0.25, -0.2) is 4.68 Å². The molecular weight excluding hydrogens is 378 g/mol. The summed E-state index contributed by atoms with van der Waals surface area (Å²) in [5.74, 6) is 0.650. The van der Waals surface area contributed by atoms with Gasteiger partial charge in [0.1, 0.15) is 11.9 Å². The second-order valence-corrected chi connectivity index (χ2v) is 8.48. The van der Waals surface area contributed by atoms with Crippen molar-refractivity contribution in [3.63, 3.8) is 0 Å². The number of benzene rings is 1. The molecule has 2 aromatic heterocycles. The van der Waals surface area contributed by atoms with Gasteiger partial charge in [-0.2, -0.15) is 5.10 Å². The molecule has 7 nitrogen and oxygen atoms in total. The lowest BCUT2D eigenvalue weighted by Gasteiger charge is -2.24. The van der Waals surface area contributed by atoms with Crippen LogP contribution in [0.15, 0.2) is 36.5 Å². The maximum atomic E-state index is 13.2. The molecule has 2 amide bonds. The largest absolute Gasteiger partial charge is 0.361 e. The first-order valence-electron chi connectivity index (χ1n) is 10.8. The molecule has 1 atom stereocenters. The molecule has 0 radical (unpaired) electrons. The van der Waals surface area contributed by atoms with Crippen molar-refractivity contribution in [2.75, 3.05) is 5.32 Å². The Morgan fingerprint density at radius 2 is 2.03 bits per heavy atom. The van der Waals surface area contributed by atoms with E-state index in [9.17, 15) is 9.59 Å². The SMILES string of the molecule is Cc1cc(NC(=O)C2CCC(=O)N2Cc2c[nH]c3ccccc23)n(C2CCCC2)n1. The van der Waals surface area contributed by atoms with Crippen molar-refractivity contribution in [1.29, 1.82) is 0 Å². The summed E-state index contributed by atoms with van der Waals surface area (Å²) < 4.78 is 1.97. The molecule has 1 aliphatic heterocycles. The summed E-state index contributed by atoms with van der Waals surface area (Å²) in [5, 5.41) is 8.79. The number of fused-ring (bicyclic) bond motifs is 1. The van der Waals surface area contributed by atoms with Gasteiger partial charge in [-0.3, -0.25) is 9.59 Å². The van der Waals surface area contributed by atoms with Gasteiger partial charge in [-0.1, -0.05) is 31.0 Å². The highest BCUT2D eigenvalue weighted by molar-refractivity contribution is 5.98. The Morgan fingerprint density at radius 3 is 2.87 bits per heavy atom. The molecule has 1 saturated heterocycles. The molecule has 30 heavy (non-hydrogen) atoms. The van der Waals surface area contributed by atoms with Crippen molar-refractivity contribution in [3.8, 4) is 0 Å². The lowest BCUT2D eigenvalue weighted by molar-refractivity contribution is -0.133. The van der Waals surface area contributed by atoms with Gasteiger partial charge < -0.3 is 15.2 Å². The van der Waals surface area contributed by atoms with Crippen LogP contribution >= 0.6 is 0 Å². The number of nitrogens with zero attached hydrogens (tertiary/aromatic N) is 3. The quantitative estimate of drug-likeness (QED) is 0.675. The summed E-state index contributed by atoms with van der Waals surface area (Å²) in [4.78, 5) is 30.8. The summed E-state index contributed by atoms with van der Waals surface area (Å²) in [6.07, 6.45) is 7.48. The zero-order valence-electron chi connectivity index (χ0n) is 17.2. The first-order chi connectivity index (χ1) is 14.6. The number of aryl methyl sites for hydroxylation is 1. The zero-order chi connectivity index (χ0) is 20.7. The number of amides is 2. The number of anilines is 1.